The van der Waals surface area contributed by atoms with Crippen LogP contribution in [0.15, 0.2) is 30.5 Å². The maximum Gasteiger partial charge on any atom is 0.129 e. The average molecular weight is 283 g/mol. The molecule has 0 radical (unpaired) electrons. The van der Waals surface area contributed by atoms with Gasteiger partial charge in [0.2, 0.25) is 0 Å². The van der Waals surface area contributed by atoms with E-state index in [-0.39, 0.29) is 0 Å². The van der Waals surface area contributed by atoms with Crippen molar-refractivity contribution in [1.29, 1.82) is 5.41 Å². The molecule has 2 aromatic heterocycles. The smallest absolute Gasteiger partial charge is 0.129 e. The number of anilines is 2. The monoisotopic (exact) mass is 283 g/mol. The van der Waals surface area contributed by atoms with Crippen LogP contribution in [0.3, 0.4) is 0 Å². The van der Waals surface area contributed by atoms with Crippen LogP contribution in [0.2, 0.25) is 0 Å². The number of nitrogens with one attached hydrogen (secondary N) is 1. The molecular formula is C16H21N5. The van der Waals surface area contributed by atoms with E-state index >= 15 is 0 Å². The topological polar surface area (TPSA) is 78.9 Å². The van der Waals surface area contributed by atoms with Crippen molar-refractivity contribution in [2.75, 3.05) is 24.2 Å². The van der Waals surface area contributed by atoms with E-state index in [9.17, 15) is 0 Å². The number of aromatic nitrogens is 2. The van der Waals surface area contributed by atoms with Gasteiger partial charge in [0, 0.05) is 24.8 Å². The van der Waals surface area contributed by atoms with E-state index in [2.05, 4.69) is 21.8 Å². The van der Waals surface area contributed by atoms with E-state index in [4.69, 9.17) is 11.1 Å². The van der Waals surface area contributed by atoms with Crippen molar-refractivity contribution in [3.05, 3.63) is 47.4 Å². The van der Waals surface area contributed by atoms with Crippen LogP contribution in [0, 0.1) is 12.3 Å². The Labute approximate surface area is 125 Å². The highest BCUT2D eigenvalue weighted by Crippen LogP contribution is 2.18. The Morgan fingerprint density at radius 1 is 1.38 bits per heavy atom. The summed E-state index contributed by atoms with van der Waals surface area (Å²) in [6.07, 6.45) is 2.64. The molecular weight excluding hydrogens is 262 g/mol. The van der Waals surface area contributed by atoms with Gasteiger partial charge in [-0.15, -0.1) is 0 Å². The standard InChI is InChI=1S/C16H21N5/c1-4-8-21(3)15-7-5-6-14(20-15)16(18)12-9-11(2)19-10-13(12)17/h5-7,9-10,18H,4,8,17H2,1-3H3. The molecule has 21 heavy (non-hydrogen) atoms. The van der Waals surface area contributed by atoms with Gasteiger partial charge in [-0.3, -0.25) is 10.4 Å². The second-order valence-corrected chi connectivity index (χ2v) is 5.09. The normalized spacial score (nSPS) is 10.4. The third-order valence-corrected chi connectivity index (χ3v) is 3.28. The lowest BCUT2D eigenvalue weighted by Crippen LogP contribution is -2.20. The Morgan fingerprint density at radius 3 is 2.86 bits per heavy atom. The zero-order chi connectivity index (χ0) is 15.4. The molecule has 0 amide bonds. The summed E-state index contributed by atoms with van der Waals surface area (Å²) < 4.78 is 0. The highest BCUT2D eigenvalue weighted by Gasteiger charge is 2.12. The predicted octanol–water partition coefficient (Wildman–Crippen LogP) is 2.63. The average Bonchev–Trinajstić information content (AvgIpc) is 2.49. The van der Waals surface area contributed by atoms with Crippen LogP contribution in [0.1, 0.15) is 30.3 Å². The van der Waals surface area contributed by atoms with E-state index in [0.29, 0.717) is 22.7 Å². The lowest BCUT2D eigenvalue weighted by atomic mass is 10.1. The van der Waals surface area contributed by atoms with Crippen molar-refractivity contribution in [1.82, 2.24) is 9.97 Å². The van der Waals surface area contributed by atoms with Crippen molar-refractivity contribution >= 4 is 17.2 Å². The number of nitrogens with two attached hydrogens (primary N) is 1. The molecule has 0 saturated heterocycles. The first-order chi connectivity index (χ1) is 10.0. The SMILES string of the molecule is CCCN(C)c1cccc(C(=N)c2cc(C)ncc2N)n1. The van der Waals surface area contributed by atoms with E-state index in [1.807, 2.05) is 38.2 Å². The van der Waals surface area contributed by atoms with E-state index in [1.165, 1.54) is 0 Å². The highest BCUT2D eigenvalue weighted by molar-refractivity contribution is 6.12. The summed E-state index contributed by atoms with van der Waals surface area (Å²) in [5.41, 5.74) is 8.88. The van der Waals surface area contributed by atoms with E-state index in [0.717, 1.165) is 24.5 Å². The highest BCUT2D eigenvalue weighted by atomic mass is 15.2. The summed E-state index contributed by atoms with van der Waals surface area (Å²) >= 11 is 0. The number of pyridine rings is 2. The molecule has 0 spiro atoms. The van der Waals surface area contributed by atoms with E-state index < -0.39 is 0 Å². The molecule has 0 aromatic carbocycles. The van der Waals surface area contributed by atoms with Gasteiger partial charge in [-0.2, -0.15) is 0 Å². The fraction of sp³-hybridized carbons (Fsp3) is 0.312. The van der Waals surface area contributed by atoms with Gasteiger partial charge in [-0.05, 0) is 31.5 Å². The Hall–Kier alpha value is -2.43. The number of nitrogen functional groups attached to an aromatic ring is 1. The van der Waals surface area contributed by atoms with Gasteiger partial charge in [0.25, 0.3) is 0 Å². The largest absolute Gasteiger partial charge is 0.397 e. The Morgan fingerprint density at radius 2 is 2.14 bits per heavy atom. The van der Waals surface area contributed by atoms with Crippen LogP contribution >= 0.6 is 0 Å². The van der Waals surface area contributed by atoms with Gasteiger partial charge in [-0.1, -0.05) is 13.0 Å². The minimum Gasteiger partial charge on any atom is -0.397 e. The molecule has 2 heterocycles. The Kier molecular flexibility index (Phi) is 4.52. The fourth-order valence-corrected chi connectivity index (χ4v) is 2.15. The van der Waals surface area contributed by atoms with E-state index in [1.54, 1.807) is 6.20 Å². The van der Waals surface area contributed by atoms with Gasteiger partial charge in [0.15, 0.2) is 0 Å². The Balaban J connectivity index is 2.35. The molecule has 0 aliphatic heterocycles. The first-order valence-electron chi connectivity index (χ1n) is 7.02. The first-order valence-corrected chi connectivity index (χ1v) is 7.02. The molecule has 0 fully saturated rings. The summed E-state index contributed by atoms with van der Waals surface area (Å²) in [6.45, 7) is 4.94. The number of nitrogens with zero attached hydrogens (tertiary/aromatic N) is 3. The second-order valence-electron chi connectivity index (χ2n) is 5.09. The van der Waals surface area contributed by atoms with Crippen LogP contribution < -0.4 is 10.6 Å². The number of aryl methyl sites for hydroxylation is 1. The maximum absolute atomic E-state index is 8.36. The summed E-state index contributed by atoms with van der Waals surface area (Å²) in [5, 5.41) is 8.36. The second kappa shape index (κ2) is 6.35. The quantitative estimate of drug-likeness (QED) is 0.827. The lowest BCUT2D eigenvalue weighted by Gasteiger charge is -2.18. The summed E-state index contributed by atoms with van der Waals surface area (Å²) in [4.78, 5) is 10.8. The predicted molar refractivity (Wildman–Crippen MR) is 87.1 cm³/mol. The van der Waals surface area contributed by atoms with Gasteiger partial charge in [-0.25, -0.2) is 4.98 Å². The van der Waals surface area contributed by atoms with Crippen LogP contribution in [-0.2, 0) is 0 Å². The van der Waals surface area contributed by atoms with Crippen LogP contribution in [-0.4, -0.2) is 29.3 Å². The third kappa shape index (κ3) is 3.37. The number of hydrogen-bond acceptors (Lipinski definition) is 5. The lowest BCUT2D eigenvalue weighted by molar-refractivity contribution is 0.837. The van der Waals surface area contributed by atoms with Crippen LogP contribution in [0.5, 0.6) is 0 Å². The molecule has 2 aromatic rings. The van der Waals surface area contributed by atoms with Crippen molar-refractivity contribution in [2.24, 2.45) is 0 Å². The van der Waals surface area contributed by atoms with Crippen LogP contribution in [0.25, 0.3) is 0 Å². The van der Waals surface area contributed by atoms with Crippen molar-refractivity contribution in [3.8, 4) is 0 Å². The molecule has 2 rings (SSSR count). The maximum atomic E-state index is 8.36. The third-order valence-electron chi connectivity index (χ3n) is 3.28. The zero-order valence-electron chi connectivity index (χ0n) is 12.7. The number of hydrogen-bond donors (Lipinski definition) is 2. The fourth-order valence-electron chi connectivity index (χ4n) is 2.15. The molecule has 5 heteroatoms. The number of rotatable bonds is 5. The van der Waals surface area contributed by atoms with Gasteiger partial charge in [0.05, 0.1) is 23.3 Å². The Bertz CT molecular complexity index is 651. The molecule has 3 N–H and O–H groups in total. The zero-order valence-corrected chi connectivity index (χ0v) is 12.7. The van der Waals surface area contributed by atoms with Crippen molar-refractivity contribution in [3.63, 3.8) is 0 Å². The molecule has 0 aliphatic carbocycles. The molecule has 0 unspecified atom stereocenters. The van der Waals surface area contributed by atoms with Crippen LogP contribution in [0.4, 0.5) is 11.5 Å². The minimum absolute atomic E-state index is 0.324. The molecule has 0 saturated carbocycles. The van der Waals surface area contributed by atoms with Gasteiger partial charge >= 0.3 is 0 Å². The van der Waals surface area contributed by atoms with Gasteiger partial charge in [0.1, 0.15) is 5.82 Å². The van der Waals surface area contributed by atoms with Gasteiger partial charge < -0.3 is 10.6 Å². The molecule has 110 valence electrons. The molecule has 0 aliphatic rings. The minimum atomic E-state index is 0.324. The van der Waals surface area contributed by atoms with Crippen molar-refractivity contribution < 1.29 is 0 Å². The summed E-state index contributed by atoms with van der Waals surface area (Å²) in [6, 6.07) is 7.53. The summed E-state index contributed by atoms with van der Waals surface area (Å²) in [5.74, 6) is 0.864. The van der Waals surface area contributed by atoms with Crippen molar-refractivity contribution in [2.45, 2.75) is 20.3 Å². The summed E-state index contributed by atoms with van der Waals surface area (Å²) in [7, 11) is 2.00. The molecule has 5 nitrogen and oxygen atoms in total. The molecule has 0 atom stereocenters. The molecule has 0 bridgehead atoms. The first kappa shape index (κ1) is 15.0.